The highest BCUT2D eigenvalue weighted by molar-refractivity contribution is 7.89. The molecule has 0 bridgehead atoms. The van der Waals surface area contributed by atoms with Crippen LogP contribution in [0.4, 0.5) is 0 Å². The van der Waals surface area contributed by atoms with Crippen molar-refractivity contribution in [2.75, 3.05) is 27.2 Å². The van der Waals surface area contributed by atoms with Crippen molar-refractivity contribution in [2.45, 2.75) is 38.1 Å². The molecular weight excluding hydrogens is 388 g/mol. The first-order chi connectivity index (χ1) is 13.6. The number of guanidine groups is 1. The fourth-order valence-corrected chi connectivity index (χ4v) is 4.07. The summed E-state index contributed by atoms with van der Waals surface area (Å²) in [6.45, 7) is 7.51. The molecule has 0 aliphatic rings. The largest absolute Gasteiger partial charge is 0.355 e. The molecule has 0 saturated heterocycles. The Kier molecular flexibility index (Phi) is 7.80. The predicted octanol–water partition coefficient (Wildman–Crippen LogP) is 1.84. The molecule has 0 unspecified atom stereocenters. The van der Waals surface area contributed by atoms with Crippen molar-refractivity contribution in [1.82, 2.24) is 24.7 Å². The van der Waals surface area contributed by atoms with Gasteiger partial charge in [0.15, 0.2) is 5.96 Å². The van der Waals surface area contributed by atoms with E-state index in [1.165, 1.54) is 0 Å². The third kappa shape index (κ3) is 6.30. The molecule has 29 heavy (non-hydrogen) atoms. The molecule has 2 N–H and O–H groups in total. The van der Waals surface area contributed by atoms with Gasteiger partial charge in [-0.1, -0.05) is 31.5 Å². The number of benzene rings is 1. The SMILES string of the molecule is CN=C(NCCNS(=O)(=O)c1ccc(C)cc1)N(C)Cc1cn(C)nc1C(C)C. The van der Waals surface area contributed by atoms with E-state index in [1.807, 2.05) is 36.8 Å². The Morgan fingerprint density at radius 1 is 1.24 bits per heavy atom. The number of rotatable bonds is 8. The van der Waals surface area contributed by atoms with E-state index in [1.54, 1.807) is 31.3 Å². The summed E-state index contributed by atoms with van der Waals surface area (Å²) in [5.74, 6) is 1.03. The minimum Gasteiger partial charge on any atom is -0.355 e. The molecule has 1 aromatic carbocycles. The lowest BCUT2D eigenvalue weighted by molar-refractivity contribution is 0.473. The molecule has 1 heterocycles. The van der Waals surface area contributed by atoms with Crippen LogP contribution in [0.3, 0.4) is 0 Å². The van der Waals surface area contributed by atoms with Crippen molar-refractivity contribution in [3.05, 3.63) is 47.3 Å². The van der Waals surface area contributed by atoms with E-state index >= 15 is 0 Å². The maximum Gasteiger partial charge on any atom is 0.240 e. The molecule has 1 aromatic heterocycles. The number of aryl methyl sites for hydroxylation is 2. The van der Waals surface area contributed by atoms with E-state index in [-0.39, 0.29) is 11.4 Å². The number of nitrogens with zero attached hydrogens (tertiary/aromatic N) is 4. The molecule has 0 spiro atoms. The van der Waals surface area contributed by atoms with Gasteiger partial charge in [0.25, 0.3) is 0 Å². The molecule has 0 radical (unpaired) electrons. The second kappa shape index (κ2) is 9.89. The Hall–Kier alpha value is -2.39. The predicted molar refractivity (Wildman–Crippen MR) is 116 cm³/mol. The zero-order chi connectivity index (χ0) is 21.6. The molecular formula is C20H32N6O2S. The van der Waals surface area contributed by atoms with Crippen molar-refractivity contribution in [2.24, 2.45) is 12.0 Å². The van der Waals surface area contributed by atoms with Gasteiger partial charge in [-0.25, -0.2) is 13.1 Å². The van der Waals surface area contributed by atoms with Crippen LogP contribution in [0.15, 0.2) is 40.4 Å². The lowest BCUT2D eigenvalue weighted by Gasteiger charge is -2.22. The van der Waals surface area contributed by atoms with Crippen molar-refractivity contribution >= 4 is 16.0 Å². The third-order valence-corrected chi connectivity index (χ3v) is 5.97. The molecule has 2 aromatic rings. The summed E-state index contributed by atoms with van der Waals surface area (Å²) in [6, 6.07) is 6.79. The number of hydrogen-bond acceptors (Lipinski definition) is 4. The second-order valence-electron chi connectivity index (χ2n) is 7.41. The topological polar surface area (TPSA) is 91.6 Å². The van der Waals surface area contributed by atoms with Crippen LogP contribution in [-0.4, -0.2) is 56.2 Å². The molecule has 2 rings (SSSR count). The second-order valence-corrected chi connectivity index (χ2v) is 9.18. The smallest absolute Gasteiger partial charge is 0.240 e. The van der Waals surface area contributed by atoms with Crippen molar-refractivity contribution in [1.29, 1.82) is 0 Å². The third-order valence-electron chi connectivity index (χ3n) is 4.50. The summed E-state index contributed by atoms with van der Waals surface area (Å²) >= 11 is 0. The maximum atomic E-state index is 12.3. The van der Waals surface area contributed by atoms with E-state index < -0.39 is 10.0 Å². The van der Waals surface area contributed by atoms with E-state index in [2.05, 4.69) is 34.0 Å². The van der Waals surface area contributed by atoms with Crippen LogP contribution in [0.5, 0.6) is 0 Å². The first-order valence-electron chi connectivity index (χ1n) is 9.64. The highest BCUT2D eigenvalue weighted by Crippen LogP contribution is 2.18. The standard InChI is InChI=1S/C20H32N6O2S/c1-15(2)19-17(14-26(6)24-19)13-25(5)20(21-4)22-11-12-23-29(27,28)18-9-7-16(3)8-10-18/h7-10,14-15,23H,11-13H2,1-6H3,(H,21,22). The number of sulfonamides is 1. The van der Waals surface area contributed by atoms with Crippen LogP contribution < -0.4 is 10.0 Å². The molecule has 0 saturated carbocycles. The minimum atomic E-state index is -3.52. The zero-order valence-corrected chi connectivity index (χ0v) is 18.9. The Balaban J connectivity index is 1.89. The highest BCUT2D eigenvalue weighted by Gasteiger charge is 2.16. The van der Waals surface area contributed by atoms with Gasteiger partial charge in [-0.3, -0.25) is 9.67 Å². The van der Waals surface area contributed by atoms with Gasteiger partial charge < -0.3 is 10.2 Å². The van der Waals surface area contributed by atoms with Gasteiger partial charge in [-0.2, -0.15) is 5.10 Å². The van der Waals surface area contributed by atoms with Gasteiger partial charge in [-0.15, -0.1) is 0 Å². The zero-order valence-electron chi connectivity index (χ0n) is 18.1. The van der Waals surface area contributed by atoms with E-state index in [4.69, 9.17) is 0 Å². The van der Waals surface area contributed by atoms with Crippen molar-refractivity contribution < 1.29 is 8.42 Å². The first-order valence-corrected chi connectivity index (χ1v) is 11.1. The highest BCUT2D eigenvalue weighted by atomic mass is 32.2. The average molecular weight is 421 g/mol. The summed E-state index contributed by atoms with van der Waals surface area (Å²) in [5.41, 5.74) is 3.24. The minimum absolute atomic E-state index is 0.257. The van der Waals surface area contributed by atoms with Crippen LogP contribution in [0.2, 0.25) is 0 Å². The lowest BCUT2D eigenvalue weighted by atomic mass is 10.1. The summed E-state index contributed by atoms with van der Waals surface area (Å²) < 4.78 is 29.1. The molecule has 0 aliphatic carbocycles. The van der Waals surface area contributed by atoms with Crippen LogP contribution in [0, 0.1) is 6.92 Å². The molecule has 0 fully saturated rings. The van der Waals surface area contributed by atoms with E-state index in [0.29, 0.717) is 25.0 Å². The Bertz CT molecular complexity index is 932. The van der Waals surface area contributed by atoms with Gasteiger partial charge in [0.2, 0.25) is 10.0 Å². The average Bonchev–Trinajstić information content (AvgIpc) is 3.02. The number of hydrogen-bond donors (Lipinski definition) is 2. The maximum absolute atomic E-state index is 12.3. The van der Waals surface area contributed by atoms with Crippen molar-refractivity contribution in [3.8, 4) is 0 Å². The van der Waals surface area contributed by atoms with Gasteiger partial charge in [0, 0.05) is 52.5 Å². The van der Waals surface area contributed by atoms with E-state index in [0.717, 1.165) is 16.8 Å². The quantitative estimate of drug-likeness (QED) is 0.386. The lowest BCUT2D eigenvalue weighted by Crippen LogP contribution is -2.42. The summed E-state index contributed by atoms with van der Waals surface area (Å²) in [5, 5.41) is 7.74. The summed E-state index contributed by atoms with van der Waals surface area (Å²) in [4.78, 5) is 6.56. The van der Waals surface area contributed by atoms with Gasteiger partial charge in [0.1, 0.15) is 0 Å². The summed E-state index contributed by atoms with van der Waals surface area (Å²) in [7, 11) is 2.06. The van der Waals surface area contributed by atoms with Crippen LogP contribution in [-0.2, 0) is 23.6 Å². The van der Waals surface area contributed by atoms with Crippen LogP contribution in [0.25, 0.3) is 0 Å². The van der Waals surface area contributed by atoms with Crippen molar-refractivity contribution in [3.63, 3.8) is 0 Å². The fourth-order valence-electron chi connectivity index (χ4n) is 3.04. The van der Waals surface area contributed by atoms with Crippen LogP contribution >= 0.6 is 0 Å². The molecule has 8 nitrogen and oxygen atoms in total. The molecule has 160 valence electrons. The molecule has 0 aliphatic heterocycles. The van der Waals surface area contributed by atoms with Gasteiger partial charge in [-0.05, 0) is 25.0 Å². The van der Waals surface area contributed by atoms with Gasteiger partial charge >= 0.3 is 0 Å². The fraction of sp³-hybridized carbons (Fsp3) is 0.500. The Labute approximate surface area is 174 Å². The Morgan fingerprint density at radius 2 is 1.90 bits per heavy atom. The normalized spacial score (nSPS) is 12.4. The summed E-state index contributed by atoms with van der Waals surface area (Å²) in [6.07, 6.45) is 2.02. The Morgan fingerprint density at radius 3 is 2.48 bits per heavy atom. The number of aliphatic imine (C=N–C) groups is 1. The number of aromatic nitrogens is 2. The monoisotopic (exact) mass is 420 g/mol. The van der Waals surface area contributed by atoms with E-state index in [9.17, 15) is 8.42 Å². The first kappa shape index (κ1) is 22.9. The van der Waals surface area contributed by atoms with Crippen LogP contribution in [0.1, 0.15) is 36.6 Å². The van der Waals surface area contributed by atoms with Gasteiger partial charge in [0.05, 0.1) is 10.6 Å². The molecule has 0 amide bonds. The number of nitrogens with one attached hydrogen (secondary N) is 2. The molecule has 9 heteroatoms. The molecule has 0 atom stereocenters.